The zero-order chi connectivity index (χ0) is 20.3. The Morgan fingerprint density at radius 3 is 2.57 bits per heavy atom. The normalized spacial score (nSPS) is 12.0. The van der Waals surface area contributed by atoms with E-state index in [1.807, 2.05) is 6.07 Å². The van der Waals surface area contributed by atoms with E-state index in [0.29, 0.717) is 21.0 Å². The van der Waals surface area contributed by atoms with Crippen LogP contribution in [-0.4, -0.2) is 22.7 Å². The van der Waals surface area contributed by atoms with Gasteiger partial charge in [0.1, 0.15) is 16.8 Å². The summed E-state index contributed by atoms with van der Waals surface area (Å²) in [5.41, 5.74) is 0.216. The first-order chi connectivity index (χ1) is 13.3. The summed E-state index contributed by atoms with van der Waals surface area (Å²) < 4.78 is 44.1. The second-order valence-electron chi connectivity index (χ2n) is 5.62. The Morgan fingerprint density at radius 2 is 1.96 bits per heavy atom. The number of thiazole rings is 1. The summed E-state index contributed by atoms with van der Waals surface area (Å²) in [6.07, 6.45) is -2.92. The number of benzene rings is 2. The number of allylic oxidation sites excluding steroid dienone is 1. The lowest BCUT2D eigenvalue weighted by Gasteiger charge is -2.04. The average molecular weight is 404 g/mol. The molecule has 9 heteroatoms. The van der Waals surface area contributed by atoms with Crippen molar-refractivity contribution in [2.45, 2.75) is 6.18 Å². The van der Waals surface area contributed by atoms with Gasteiger partial charge in [-0.2, -0.15) is 18.4 Å². The number of carboxylic acid groups (broad SMARTS) is 1. The maximum Gasteiger partial charge on any atom is 0.416 e. The van der Waals surface area contributed by atoms with Crippen LogP contribution >= 0.6 is 11.3 Å². The quantitative estimate of drug-likeness (QED) is 0.615. The Morgan fingerprint density at radius 1 is 1.25 bits per heavy atom. The van der Waals surface area contributed by atoms with Crippen molar-refractivity contribution in [1.29, 1.82) is 5.26 Å². The summed E-state index contributed by atoms with van der Waals surface area (Å²) in [6, 6.07) is 11.6. The molecule has 0 amide bonds. The molecule has 3 rings (SSSR count). The van der Waals surface area contributed by atoms with Gasteiger partial charge in [-0.3, -0.25) is 0 Å². The predicted octanol–water partition coefficient (Wildman–Crippen LogP) is 4.84. The molecule has 0 spiro atoms. The highest BCUT2D eigenvalue weighted by atomic mass is 32.1. The molecule has 1 N–H and O–H groups in total. The standard InChI is InChI=1S/C19H11F3N2O3S/c20-19(21,22)13-3-6-16-15(8-13)24-18(28-16)12(9-23)7-11-1-4-14(5-2-11)27-10-17(25)26/h1-8H,10H2,(H,25,26)/b12-7+. The van der Waals surface area contributed by atoms with Gasteiger partial charge < -0.3 is 9.84 Å². The Kier molecular flexibility index (Phi) is 5.33. The molecule has 5 nitrogen and oxygen atoms in total. The minimum absolute atomic E-state index is 0.174. The first kappa shape index (κ1) is 19.4. The molecule has 2 aromatic carbocycles. The number of halogens is 3. The maximum atomic E-state index is 12.8. The van der Waals surface area contributed by atoms with Crippen LogP contribution in [0.1, 0.15) is 16.1 Å². The van der Waals surface area contributed by atoms with Crippen LogP contribution in [0.5, 0.6) is 5.75 Å². The second kappa shape index (κ2) is 7.70. The van der Waals surface area contributed by atoms with Gasteiger partial charge >= 0.3 is 12.1 Å². The van der Waals surface area contributed by atoms with Crippen LogP contribution in [0.2, 0.25) is 0 Å². The maximum absolute atomic E-state index is 12.8. The molecule has 0 saturated heterocycles. The number of hydrogen-bond donors (Lipinski definition) is 1. The van der Waals surface area contributed by atoms with Crippen molar-refractivity contribution in [3.05, 3.63) is 58.6 Å². The molecule has 0 atom stereocenters. The Hall–Kier alpha value is -3.38. The predicted molar refractivity (Wildman–Crippen MR) is 97.7 cm³/mol. The van der Waals surface area contributed by atoms with E-state index in [2.05, 4.69) is 4.98 Å². The second-order valence-corrected chi connectivity index (χ2v) is 6.65. The van der Waals surface area contributed by atoms with Crippen LogP contribution < -0.4 is 4.74 Å². The summed E-state index contributed by atoms with van der Waals surface area (Å²) in [6.45, 7) is -0.468. The van der Waals surface area contributed by atoms with Crippen LogP contribution in [0.3, 0.4) is 0 Å². The van der Waals surface area contributed by atoms with Crippen molar-refractivity contribution < 1.29 is 27.8 Å². The molecular weight excluding hydrogens is 393 g/mol. The topological polar surface area (TPSA) is 83.2 Å². The highest BCUT2D eigenvalue weighted by Crippen LogP contribution is 2.34. The fraction of sp³-hybridized carbons (Fsp3) is 0.105. The number of nitrogens with zero attached hydrogens (tertiary/aromatic N) is 2. The first-order valence-corrected chi connectivity index (χ1v) is 8.62. The molecule has 0 aliphatic carbocycles. The van der Waals surface area contributed by atoms with E-state index in [-0.39, 0.29) is 11.1 Å². The summed E-state index contributed by atoms with van der Waals surface area (Å²) in [5.74, 6) is -0.738. The van der Waals surface area contributed by atoms with E-state index in [4.69, 9.17) is 9.84 Å². The molecule has 0 fully saturated rings. The van der Waals surface area contributed by atoms with Crippen molar-refractivity contribution in [3.63, 3.8) is 0 Å². The van der Waals surface area contributed by atoms with Crippen molar-refractivity contribution in [1.82, 2.24) is 4.98 Å². The van der Waals surface area contributed by atoms with Gasteiger partial charge in [-0.05, 0) is 42.0 Å². The Bertz CT molecular complexity index is 1100. The van der Waals surface area contributed by atoms with Crippen LogP contribution in [0, 0.1) is 11.3 Å². The fourth-order valence-corrected chi connectivity index (χ4v) is 3.24. The minimum Gasteiger partial charge on any atom is -0.482 e. The van der Waals surface area contributed by atoms with Gasteiger partial charge in [0, 0.05) is 0 Å². The highest BCUT2D eigenvalue weighted by Gasteiger charge is 2.30. The van der Waals surface area contributed by atoms with E-state index in [0.717, 1.165) is 23.5 Å². The zero-order valence-electron chi connectivity index (χ0n) is 14.0. The van der Waals surface area contributed by atoms with Gasteiger partial charge in [-0.15, -0.1) is 11.3 Å². The summed E-state index contributed by atoms with van der Waals surface area (Å²) in [7, 11) is 0. The number of aromatic nitrogens is 1. The van der Waals surface area contributed by atoms with Crippen LogP contribution in [-0.2, 0) is 11.0 Å². The third kappa shape index (κ3) is 4.47. The number of ether oxygens (including phenoxy) is 1. The van der Waals surface area contributed by atoms with Crippen molar-refractivity contribution in [2.24, 2.45) is 0 Å². The largest absolute Gasteiger partial charge is 0.482 e. The number of hydrogen-bond acceptors (Lipinski definition) is 5. The third-order valence-corrected chi connectivity index (χ3v) is 4.69. The molecule has 1 aromatic heterocycles. The van der Waals surface area contributed by atoms with Crippen LogP contribution in [0.4, 0.5) is 13.2 Å². The molecule has 1 heterocycles. The van der Waals surface area contributed by atoms with E-state index in [1.165, 1.54) is 6.07 Å². The van der Waals surface area contributed by atoms with Crippen LogP contribution in [0.25, 0.3) is 21.9 Å². The molecule has 0 saturated carbocycles. The first-order valence-electron chi connectivity index (χ1n) is 7.81. The number of rotatable bonds is 5. The lowest BCUT2D eigenvalue weighted by atomic mass is 10.1. The van der Waals surface area contributed by atoms with Crippen molar-refractivity contribution in [3.8, 4) is 11.8 Å². The SMILES string of the molecule is N#C/C(=C\c1ccc(OCC(=O)O)cc1)c1nc2cc(C(F)(F)F)ccc2s1. The number of carboxylic acids is 1. The van der Waals surface area contributed by atoms with E-state index in [9.17, 15) is 23.2 Å². The number of carbonyl (C=O) groups is 1. The number of fused-ring (bicyclic) bond motifs is 1. The smallest absolute Gasteiger partial charge is 0.416 e. The van der Waals surface area contributed by atoms with Gasteiger partial charge in [0.15, 0.2) is 6.61 Å². The van der Waals surface area contributed by atoms with E-state index < -0.39 is 24.3 Å². The molecule has 0 unspecified atom stereocenters. The molecule has 142 valence electrons. The van der Waals surface area contributed by atoms with Gasteiger partial charge in [-0.25, -0.2) is 9.78 Å². The van der Waals surface area contributed by atoms with Crippen molar-refractivity contribution >= 4 is 39.2 Å². The lowest BCUT2D eigenvalue weighted by Crippen LogP contribution is -2.09. The van der Waals surface area contributed by atoms with Gasteiger partial charge in [0.2, 0.25) is 0 Å². The average Bonchev–Trinajstić information content (AvgIpc) is 3.07. The molecule has 0 radical (unpaired) electrons. The highest BCUT2D eigenvalue weighted by molar-refractivity contribution is 7.19. The number of nitriles is 1. The summed E-state index contributed by atoms with van der Waals surface area (Å²) in [5, 5.41) is 18.3. The summed E-state index contributed by atoms with van der Waals surface area (Å²) in [4.78, 5) is 14.7. The van der Waals surface area contributed by atoms with Gasteiger partial charge in [-0.1, -0.05) is 12.1 Å². The monoisotopic (exact) mass is 404 g/mol. The van der Waals surface area contributed by atoms with Crippen LogP contribution in [0.15, 0.2) is 42.5 Å². The van der Waals surface area contributed by atoms with E-state index in [1.54, 1.807) is 30.3 Å². The molecular formula is C19H11F3N2O3S. The zero-order valence-corrected chi connectivity index (χ0v) is 14.8. The third-order valence-electron chi connectivity index (χ3n) is 3.62. The Balaban J connectivity index is 1.88. The molecule has 3 aromatic rings. The van der Waals surface area contributed by atoms with Gasteiger partial charge in [0.05, 0.1) is 21.4 Å². The molecule has 0 aliphatic rings. The van der Waals surface area contributed by atoms with Gasteiger partial charge in [0.25, 0.3) is 0 Å². The number of aliphatic carboxylic acids is 1. The van der Waals surface area contributed by atoms with Crippen molar-refractivity contribution in [2.75, 3.05) is 6.61 Å². The fourth-order valence-electron chi connectivity index (χ4n) is 2.33. The minimum atomic E-state index is -4.46. The van der Waals surface area contributed by atoms with E-state index >= 15 is 0 Å². The lowest BCUT2D eigenvalue weighted by molar-refractivity contribution is -0.139. The molecule has 28 heavy (non-hydrogen) atoms. The Labute approximate surface area is 160 Å². The summed E-state index contributed by atoms with van der Waals surface area (Å²) >= 11 is 1.12. The number of alkyl halides is 3. The molecule has 0 bridgehead atoms. The molecule has 0 aliphatic heterocycles.